The number of rotatable bonds is 6. The van der Waals surface area contributed by atoms with Crippen LogP contribution in [0.25, 0.3) is 0 Å². The number of benzene rings is 1. The van der Waals surface area contributed by atoms with E-state index in [0.29, 0.717) is 12.2 Å². The standard InChI is InChI=1S/C14H17N3O3/c1-3-8-20-14(17-10(2)18)13(19)16-9-11-4-6-12(15)7-5-11/h1,4-7,14H,8-9,15H2,2H3,(H,16,19)(H,17,18). The van der Waals surface area contributed by atoms with Crippen molar-refractivity contribution in [1.82, 2.24) is 10.6 Å². The molecule has 0 saturated heterocycles. The lowest BCUT2D eigenvalue weighted by atomic mass is 10.2. The first-order chi connectivity index (χ1) is 9.52. The molecule has 4 N–H and O–H groups in total. The van der Waals surface area contributed by atoms with Gasteiger partial charge in [-0.25, -0.2) is 0 Å². The molecule has 6 nitrogen and oxygen atoms in total. The van der Waals surface area contributed by atoms with Crippen molar-refractivity contribution in [2.24, 2.45) is 0 Å². The molecule has 20 heavy (non-hydrogen) atoms. The van der Waals surface area contributed by atoms with E-state index in [-0.39, 0.29) is 12.5 Å². The maximum atomic E-state index is 11.9. The lowest BCUT2D eigenvalue weighted by Crippen LogP contribution is -2.47. The van der Waals surface area contributed by atoms with Crippen molar-refractivity contribution in [3.8, 4) is 12.3 Å². The van der Waals surface area contributed by atoms with E-state index in [1.807, 2.05) is 0 Å². The van der Waals surface area contributed by atoms with Gasteiger partial charge in [-0.3, -0.25) is 9.59 Å². The number of carbonyl (C=O) groups is 2. The fourth-order valence-corrected chi connectivity index (χ4v) is 1.42. The van der Waals surface area contributed by atoms with Crippen LogP contribution < -0.4 is 16.4 Å². The van der Waals surface area contributed by atoms with Gasteiger partial charge < -0.3 is 21.1 Å². The first-order valence-electron chi connectivity index (χ1n) is 5.97. The molecule has 0 aromatic heterocycles. The van der Waals surface area contributed by atoms with Gasteiger partial charge in [0, 0.05) is 19.2 Å². The SMILES string of the molecule is C#CCOC(NC(C)=O)C(=O)NCc1ccc(N)cc1. The van der Waals surface area contributed by atoms with Gasteiger partial charge in [-0.05, 0) is 17.7 Å². The lowest BCUT2D eigenvalue weighted by molar-refractivity contribution is -0.139. The molecule has 1 aromatic carbocycles. The number of amides is 2. The van der Waals surface area contributed by atoms with Crippen LogP contribution in [0.3, 0.4) is 0 Å². The topological polar surface area (TPSA) is 93.4 Å². The Morgan fingerprint density at radius 2 is 2.05 bits per heavy atom. The Kier molecular flexibility index (Phi) is 6.07. The molecule has 1 atom stereocenters. The molecule has 1 aromatic rings. The maximum absolute atomic E-state index is 11.9. The highest BCUT2D eigenvalue weighted by molar-refractivity contribution is 5.85. The van der Waals surface area contributed by atoms with Crippen molar-refractivity contribution in [2.45, 2.75) is 19.7 Å². The first-order valence-corrected chi connectivity index (χ1v) is 5.97. The summed E-state index contributed by atoms with van der Waals surface area (Å²) in [7, 11) is 0. The van der Waals surface area contributed by atoms with Crippen LogP contribution in [0.15, 0.2) is 24.3 Å². The van der Waals surface area contributed by atoms with Crippen molar-refractivity contribution in [1.29, 1.82) is 0 Å². The highest BCUT2D eigenvalue weighted by atomic mass is 16.5. The minimum atomic E-state index is -1.10. The molecule has 0 aliphatic carbocycles. The first kappa shape index (κ1) is 15.5. The van der Waals surface area contributed by atoms with Gasteiger partial charge in [-0.1, -0.05) is 18.1 Å². The molecule has 0 aliphatic rings. The monoisotopic (exact) mass is 275 g/mol. The number of nitrogens with one attached hydrogen (secondary N) is 2. The van der Waals surface area contributed by atoms with Crippen molar-refractivity contribution in [3.63, 3.8) is 0 Å². The van der Waals surface area contributed by atoms with Crippen LogP contribution in [0.4, 0.5) is 5.69 Å². The predicted octanol–water partition coefficient (Wildman–Crippen LogP) is -0.00300. The van der Waals surface area contributed by atoms with Crippen LogP contribution in [0, 0.1) is 12.3 Å². The Labute approximate surface area is 117 Å². The quantitative estimate of drug-likeness (QED) is 0.387. The molecule has 0 saturated carbocycles. The summed E-state index contributed by atoms with van der Waals surface area (Å²) in [5, 5.41) is 5.02. The summed E-state index contributed by atoms with van der Waals surface area (Å²) in [6.45, 7) is 1.52. The van der Waals surface area contributed by atoms with Gasteiger partial charge in [0.2, 0.25) is 12.1 Å². The summed E-state index contributed by atoms with van der Waals surface area (Å²) < 4.78 is 5.07. The molecule has 1 unspecified atom stereocenters. The zero-order chi connectivity index (χ0) is 15.0. The van der Waals surface area contributed by atoms with Gasteiger partial charge in [0.05, 0.1) is 0 Å². The van der Waals surface area contributed by atoms with Crippen LogP contribution in [0.1, 0.15) is 12.5 Å². The second kappa shape index (κ2) is 7.81. The number of carbonyl (C=O) groups excluding carboxylic acids is 2. The number of ether oxygens (including phenoxy) is 1. The fraction of sp³-hybridized carbons (Fsp3) is 0.286. The Morgan fingerprint density at radius 1 is 1.40 bits per heavy atom. The molecule has 0 radical (unpaired) electrons. The molecule has 1 rings (SSSR count). The molecular weight excluding hydrogens is 258 g/mol. The van der Waals surface area contributed by atoms with Crippen molar-refractivity contribution in [3.05, 3.63) is 29.8 Å². The Balaban J connectivity index is 2.54. The van der Waals surface area contributed by atoms with Gasteiger partial charge in [-0.2, -0.15) is 0 Å². The third-order valence-corrected chi connectivity index (χ3v) is 2.35. The van der Waals surface area contributed by atoms with Crippen molar-refractivity contribution in [2.75, 3.05) is 12.3 Å². The molecule has 0 heterocycles. The van der Waals surface area contributed by atoms with Gasteiger partial charge >= 0.3 is 0 Å². The number of anilines is 1. The predicted molar refractivity (Wildman–Crippen MR) is 75.1 cm³/mol. The Hall–Kier alpha value is -2.52. The van der Waals surface area contributed by atoms with E-state index < -0.39 is 12.1 Å². The number of nitrogens with two attached hydrogens (primary N) is 1. The van der Waals surface area contributed by atoms with E-state index in [0.717, 1.165) is 5.56 Å². The summed E-state index contributed by atoms with van der Waals surface area (Å²) in [5.74, 6) is 1.39. The second-order valence-corrected chi connectivity index (χ2v) is 4.06. The number of terminal acetylenes is 1. The minimum absolute atomic E-state index is 0.0692. The molecule has 0 fully saturated rings. The highest BCUT2D eigenvalue weighted by Gasteiger charge is 2.19. The summed E-state index contributed by atoms with van der Waals surface area (Å²) in [6.07, 6.45) is 3.96. The van der Waals surface area contributed by atoms with Crippen LogP contribution in [-0.4, -0.2) is 24.6 Å². The van der Waals surface area contributed by atoms with Gasteiger partial charge in [0.1, 0.15) is 6.61 Å². The van der Waals surface area contributed by atoms with Crippen molar-refractivity contribution < 1.29 is 14.3 Å². The molecule has 106 valence electrons. The minimum Gasteiger partial charge on any atom is -0.399 e. The van der Waals surface area contributed by atoms with Gasteiger partial charge in [0.25, 0.3) is 5.91 Å². The molecular formula is C14H17N3O3. The van der Waals surface area contributed by atoms with E-state index in [4.69, 9.17) is 16.9 Å². The molecule has 2 amide bonds. The third kappa shape index (κ3) is 5.42. The number of hydrogen-bond acceptors (Lipinski definition) is 4. The van der Waals surface area contributed by atoms with E-state index in [2.05, 4.69) is 16.6 Å². The average molecular weight is 275 g/mol. The normalized spacial score (nSPS) is 11.2. The maximum Gasteiger partial charge on any atom is 0.270 e. The fourth-order valence-electron chi connectivity index (χ4n) is 1.42. The van der Waals surface area contributed by atoms with Crippen LogP contribution >= 0.6 is 0 Å². The molecule has 6 heteroatoms. The van der Waals surface area contributed by atoms with Crippen LogP contribution in [0.2, 0.25) is 0 Å². The second-order valence-electron chi connectivity index (χ2n) is 4.06. The molecule has 0 bridgehead atoms. The summed E-state index contributed by atoms with van der Waals surface area (Å²) in [4.78, 5) is 22.9. The van der Waals surface area contributed by atoms with Gasteiger partial charge in [0.15, 0.2) is 0 Å². The van der Waals surface area contributed by atoms with Crippen LogP contribution in [-0.2, 0) is 20.9 Å². The van der Waals surface area contributed by atoms with Crippen molar-refractivity contribution >= 4 is 17.5 Å². The molecule has 0 spiro atoms. The van der Waals surface area contributed by atoms with E-state index in [1.54, 1.807) is 24.3 Å². The molecule has 0 aliphatic heterocycles. The zero-order valence-corrected chi connectivity index (χ0v) is 11.2. The lowest BCUT2D eigenvalue weighted by Gasteiger charge is -2.17. The summed E-state index contributed by atoms with van der Waals surface area (Å²) in [5.41, 5.74) is 7.09. The van der Waals surface area contributed by atoms with E-state index in [9.17, 15) is 9.59 Å². The largest absolute Gasteiger partial charge is 0.399 e. The Bertz CT molecular complexity index is 505. The van der Waals surface area contributed by atoms with E-state index >= 15 is 0 Å². The smallest absolute Gasteiger partial charge is 0.270 e. The van der Waals surface area contributed by atoms with Crippen LogP contribution in [0.5, 0.6) is 0 Å². The third-order valence-electron chi connectivity index (χ3n) is 2.35. The number of hydrogen-bond donors (Lipinski definition) is 3. The van der Waals surface area contributed by atoms with Gasteiger partial charge in [-0.15, -0.1) is 6.42 Å². The average Bonchev–Trinajstić information content (AvgIpc) is 2.42. The summed E-state index contributed by atoms with van der Waals surface area (Å²) in [6, 6.07) is 7.07. The zero-order valence-electron chi connectivity index (χ0n) is 11.2. The number of nitrogen functional groups attached to an aromatic ring is 1. The Morgan fingerprint density at radius 3 is 2.60 bits per heavy atom. The summed E-state index contributed by atoms with van der Waals surface area (Å²) >= 11 is 0. The highest BCUT2D eigenvalue weighted by Crippen LogP contribution is 2.05. The van der Waals surface area contributed by atoms with E-state index in [1.165, 1.54) is 6.92 Å².